The standard InChI is InChI=1S/C12H10O6S2/c1-5-3-7(13)17-11(15)9(5)19-20-10-6(2)4-8(14)18-12(10)16/h3-4,13-14H,1-2H3. The van der Waals surface area contributed by atoms with Crippen LogP contribution in [0.1, 0.15) is 11.1 Å². The Bertz CT molecular complexity index is 696. The molecule has 6 nitrogen and oxygen atoms in total. The minimum atomic E-state index is -0.680. The van der Waals surface area contributed by atoms with E-state index in [9.17, 15) is 9.59 Å². The highest BCUT2D eigenvalue weighted by atomic mass is 33.1. The highest BCUT2D eigenvalue weighted by Crippen LogP contribution is 2.38. The van der Waals surface area contributed by atoms with Gasteiger partial charge in [0.2, 0.25) is 0 Å². The van der Waals surface area contributed by atoms with Gasteiger partial charge < -0.3 is 19.0 Å². The van der Waals surface area contributed by atoms with Gasteiger partial charge in [0, 0.05) is 12.1 Å². The van der Waals surface area contributed by atoms with E-state index in [1.165, 1.54) is 12.1 Å². The van der Waals surface area contributed by atoms with E-state index in [1.54, 1.807) is 13.8 Å². The number of aryl methyl sites for hydroxylation is 2. The summed E-state index contributed by atoms with van der Waals surface area (Å²) in [6.07, 6.45) is 0. The van der Waals surface area contributed by atoms with Crippen molar-refractivity contribution in [2.45, 2.75) is 23.6 Å². The van der Waals surface area contributed by atoms with Crippen LogP contribution in [0.15, 0.2) is 40.3 Å². The molecule has 0 aromatic carbocycles. The number of hydrogen-bond donors (Lipinski definition) is 2. The zero-order valence-corrected chi connectivity index (χ0v) is 12.1. The largest absolute Gasteiger partial charge is 0.481 e. The Kier molecular flexibility index (Phi) is 4.15. The van der Waals surface area contributed by atoms with E-state index < -0.39 is 23.1 Å². The highest BCUT2D eigenvalue weighted by molar-refractivity contribution is 8.76. The van der Waals surface area contributed by atoms with E-state index in [0.29, 0.717) is 11.1 Å². The van der Waals surface area contributed by atoms with Crippen LogP contribution < -0.4 is 11.3 Å². The molecule has 0 radical (unpaired) electrons. The highest BCUT2D eigenvalue weighted by Gasteiger charge is 2.14. The molecule has 0 aliphatic heterocycles. The molecule has 20 heavy (non-hydrogen) atoms. The zero-order valence-electron chi connectivity index (χ0n) is 10.5. The van der Waals surface area contributed by atoms with Crippen LogP contribution in [0.5, 0.6) is 11.9 Å². The van der Waals surface area contributed by atoms with Crippen molar-refractivity contribution in [1.82, 2.24) is 0 Å². The van der Waals surface area contributed by atoms with E-state index >= 15 is 0 Å². The lowest BCUT2D eigenvalue weighted by Crippen LogP contribution is -2.05. The molecule has 0 atom stereocenters. The Labute approximate surface area is 120 Å². The quantitative estimate of drug-likeness (QED) is 0.833. The number of rotatable bonds is 3. The van der Waals surface area contributed by atoms with Crippen molar-refractivity contribution in [3.8, 4) is 11.9 Å². The summed E-state index contributed by atoms with van der Waals surface area (Å²) in [6, 6.07) is 2.63. The second-order valence-electron chi connectivity index (χ2n) is 3.94. The lowest BCUT2D eigenvalue weighted by molar-refractivity contribution is 0.302. The third-order valence-electron chi connectivity index (χ3n) is 2.37. The van der Waals surface area contributed by atoms with Crippen LogP contribution in [0, 0.1) is 13.8 Å². The fraction of sp³-hybridized carbons (Fsp3) is 0.167. The molecule has 0 saturated heterocycles. The minimum absolute atomic E-state index is 0.277. The normalized spacial score (nSPS) is 10.7. The Balaban J connectivity index is 2.31. The van der Waals surface area contributed by atoms with Crippen molar-refractivity contribution in [1.29, 1.82) is 0 Å². The van der Waals surface area contributed by atoms with E-state index in [2.05, 4.69) is 8.83 Å². The molecule has 2 rings (SSSR count). The third kappa shape index (κ3) is 3.02. The summed E-state index contributed by atoms with van der Waals surface area (Å²) >= 11 is 0. The summed E-state index contributed by atoms with van der Waals surface area (Å²) in [6.45, 7) is 3.29. The van der Waals surface area contributed by atoms with E-state index in [1.807, 2.05) is 0 Å². The maximum atomic E-state index is 11.6. The average Bonchev–Trinajstić information content (AvgIpc) is 2.30. The van der Waals surface area contributed by atoms with Crippen LogP contribution in [0.25, 0.3) is 0 Å². The first kappa shape index (κ1) is 14.6. The van der Waals surface area contributed by atoms with Crippen molar-refractivity contribution in [3.63, 3.8) is 0 Å². The molecule has 0 spiro atoms. The van der Waals surface area contributed by atoms with Crippen LogP contribution in [0.3, 0.4) is 0 Å². The molecule has 0 amide bonds. The minimum Gasteiger partial charge on any atom is -0.481 e. The first-order valence-corrected chi connectivity index (χ1v) is 7.55. The summed E-state index contributed by atoms with van der Waals surface area (Å²) in [7, 11) is 2.05. The maximum Gasteiger partial charge on any atom is 0.353 e. The number of hydrogen-bond acceptors (Lipinski definition) is 8. The number of aromatic hydroxyl groups is 2. The molecule has 0 saturated carbocycles. The van der Waals surface area contributed by atoms with Crippen molar-refractivity contribution < 1.29 is 19.0 Å². The van der Waals surface area contributed by atoms with Crippen LogP contribution in [-0.2, 0) is 0 Å². The predicted molar refractivity (Wildman–Crippen MR) is 74.5 cm³/mol. The molecule has 0 unspecified atom stereocenters. The van der Waals surface area contributed by atoms with Gasteiger partial charge in [-0.2, -0.15) is 0 Å². The summed E-state index contributed by atoms with van der Waals surface area (Å²) in [4.78, 5) is 23.8. The van der Waals surface area contributed by atoms with Gasteiger partial charge in [-0.1, -0.05) is 0 Å². The van der Waals surface area contributed by atoms with E-state index in [0.717, 1.165) is 21.6 Å². The van der Waals surface area contributed by atoms with Gasteiger partial charge in [0.25, 0.3) is 11.9 Å². The molecule has 8 heteroatoms. The monoisotopic (exact) mass is 314 g/mol. The van der Waals surface area contributed by atoms with Crippen molar-refractivity contribution in [3.05, 3.63) is 44.1 Å². The molecular weight excluding hydrogens is 304 g/mol. The molecule has 0 aliphatic rings. The van der Waals surface area contributed by atoms with Crippen molar-refractivity contribution >= 4 is 21.6 Å². The maximum absolute atomic E-state index is 11.6. The topological polar surface area (TPSA) is 101 Å². The first-order chi connectivity index (χ1) is 9.38. The molecule has 2 heterocycles. The summed E-state index contributed by atoms with van der Waals surface area (Å²) in [5, 5.41) is 18.3. The Morgan fingerprint density at radius 1 is 0.850 bits per heavy atom. The van der Waals surface area contributed by atoms with Crippen LogP contribution in [-0.4, -0.2) is 10.2 Å². The van der Waals surface area contributed by atoms with Gasteiger partial charge in [-0.05, 0) is 46.6 Å². The molecule has 0 bridgehead atoms. The van der Waals surface area contributed by atoms with E-state index in [4.69, 9.17) is 10.2 Å². The molecule has 0 fully saturated rings. The fourth-order valence-electron chi connectivity index (χ4n) is 1.45. The Hall–Kier alpha value is -1.80. The van der Waals surface area contributed by atoms with Gasteiger partial charge >= 0.3 is 11.3 Å². The fourth-order valence-corrected chi connectivity index (χ4v) is 3.91. The Morgan fingerprint density at radius 2 is 1.20 bits per heavy atom. The molecular formula is C12H10O6S2. The second-order valence-corrected chi connectivity index (χ2v) is 6.08. The molecule has 2 aromatic heterocycles. The van der Waals surface area contributed by atoms with Crippen LogP contribution in [0.4, 0.5) is 0 Å². The lowest BCUT2D eigenvalue weighted by atomic mass is 10.3. The molecule has 0 aliphatic carbocycles. The van der Waals surface area contributed by atoms with Crippen molar-refractivity contribution in [2.75, 3.05) is 0 Å². The van der Waals surface area contributed by atoms with Crippen LogP contribution in [0.2, 0.25) is 0 Å². The van der Waals surface area contributed by atoms with Gasteiger partial charge in [0.15, 0.2) is 0 Å². The zero-order chi connectivity index (χ0) is 14.9. The first-order valence-electron chi connectivity index (χ1n) is 5.40. The van der Waals surface area contributed by atoms with Crippen molar-refractivity contribution in [2.24, 2.45) is 0 Å². The molecule has 2 N–H and O–H groups in total. The smallest absolute Gasteiger partial charge is 0.353 e. The van der Waals surface area contributed by atoms with Gasteiger partial charge in [-0.25, -0.2) is 9.59 Å². The van der Waals surface area contributed by atoms with Gasteiger partial charge in [-0.3, -0.25) is 0 Å². The average molecular weight is 314 g/mol. The van der Waals surface area contributed by atoms with E-state index in [-0.39, 0.29) is 9.79 Å². The SMILES string of the molecule is Cc1cc(O)oc(=O)c1SSc1c(C)cc(O)oc1=O. The van der Waals surface area contributed by atoms with Crippen LogP contribution >= 0.6 is 21.6 Å². The predicted octanol–water partition coefficient (Wildman–Crippen LogP) is 2.42. The second kappa shape index (κ2) is 5.68. The lowest BCUT2D eigenvalue weighted by Gasteiger charge is -2.04. The molecule has 2 aromatic rings. The summed E-state index contributed by atoms with van der Waals surface area (Å²) in [5.41, 5.74) is -0.282. The van der Waals surface area contributed by atoms with Gasteiger partial charge in [-0.15, -0.1) is 0 Å². The third-order valence-corrected chi connectivity index (χ3v) is 5.01. The van der Waals surface area contributed by atoms with Gasteiger partial charge in [0.05, 0.1) is 0 Å². The molecule has 106 valence electrons. The summed E-state index contributed by atoms with van der Waals surface area (Å²) in [5.74, 6) is -0.913. The Morgan fingerprint density at radius 3 is 1.50 bits per heavy atom. The van der Waals surface area contributed by atoms with Gasteiger partial charge in [0.1, 0.15) is 9.79 Å². The summed E-state index contributed by atoms with van der Waals surface area (Å²) < 4.78 is 9.16.